The molecule has 0 aliphatic carbocycles. The zero-order valence-corrected chi connectivity index (χ0v) is 15.5. The summed E-state index contributed by atoms with van der Waals surface area (Å²) in [7, 11) is 1.63. The number of amides is 1. The average molecular weight is 372 g/mol. The van der Waals surface area contributed by atoms with Crippen molar-refractivity contribution in [3.05, 3.63) is 78.1 Å². The third kappa shape index (κ3) is 3.68. The molecule has 0 fully saturated rings. The number of nitrogens with one attached hydrogen (secondary N) is 2. The van der Waals surface area contributed by atoms with Crippen LogP contribution in [0.2, 0.25) is 0 Å². The molecule has 140 valence electrons. The van der Waals surface area contributed by atoms with Gasteiger partial charge in [-0.3, -0.25) is 4.79 Å². The van der Waals surface area contributed by atoms with E-state index in [-0.39, 0.29) is 5.91 Å². The number of carbonyl (C=O) groups is 1. The first-order chi connectivity index (χ1) is 13.7. The molecule has 0 unspecified atom stereocenters. The molecule has 0 spiro atoms. The van der Waals surface area contributed by atoms with Crippen LogP contribution < -0.4 is 10.6 Å². The fourth-order valence-electron chi connectivity index (χ4n) is 3.04. The van der Waals surface area contributed by atoms with E-state index >= 15 is 0 Å². The van der Waals surface area contributed by atoms with Crippen LogP contribution in [-0.4, -0.2) is 39.1 Å². The van der Waals surface area contributed by atoms with Crippen molar-refractivity contribution >= 4 is 17.5 Å². The molecule has 2 N–H and O–H groups in total. The molecule has 0 radical (unpaired) electrons. The average Bonchev–Trinajstić information content (AvgIpc) is 3.23. The van der Waals surface area contributed by atoms with Crippen LogP contribution in [0.1, 0.15) is 15.9 Å². The third-order valence-electron chi connectivity index (χ3n) is 4.46. The molecule has 7 heteroatoms. The van der Waals surface area contributed by atoms with E-state index in [2.05, 4.69) is 25.7 Å². The lowest BCUT2D eigenvalue weighted by Crippen LogP contribution is -2.18. The van der Waals surface area contributed by atoms with Gasteiger partial charge in [0.25, 0.3) is 11.7 Å². The number of benzene rings is 2. The summed E-state index contributed by atoms with van der Waals surface area (Å²) >= 11 is 0. The van der Waals surface area contributed by atoms with Gasteiger partial charge >= 0.3 is 0 Å². The van der Waals surface area contributed by atoms with Crippen LogP contribution >= 0.6 is 0 Å². The van der Waals surface area contributed by atoms with E-state index < -0.39 is 0 Å². The Morgan fingerprint density at radius 1 is 1.07 bits per heavy atom. The molecular weight excluding hydrogens is 352 g/mol. The van der Waals surface area contributed by atoms with Gasteiger partial charge in [-0.2, -0.15) is 14.6 Å². The van der Waals surface area contributed by atoms with Gasteiger partial charge < -0.3 is 10.6 Å². The van der Waals surface area contributed by atoms with Gasteiger partial charge in [-0.25, -0.2) is 4.98 Å². The molecule has 0 saturated heterocycles. The van der Waals surface area contributed by atoms with E-state index in [9.17, 15) is 4.79 Å². The number of hydrogen-bond acceptors (Lipinski definition) is 5. The monoisotopic (exact) mass is 372 g/mol. The minimum Gasteiger partial charge on any atom is -0.370 e. The quantitative estimate of drug-likeness (QED) is 0.544. The first-order valence-corrected chi connectivity index (χ1v) is 9.06. The normalized spacial score (nSPS) is 10.8. The molecule has 0 atom stereocenters. The van der Waals surface area contributed by atoms with Gasteiger partial charge in [-0.1, -0.05) is 42.5 Å². The van der Waals surface area contributed by atoms with Crippen molar-refractivity contribution in [2.75, 3.05) is 18.9 Å². The Kier molecular flexibility index (Phi) is 4.97. The van der Waals surface area contributed by atoms with Crippen molar-refractivity contribution < 1.29 is 4.79 Å². The summed E-state index contributed by atoms with van der Waals surface area (Å²) in [5, 5.41) is 10.3. The van der Waals surface area contributed by atoms with Crippen LogP contribution in [0.3, 0.4) is 0 Å². The Labute approximate surface area is 162 Å². The molecule has 4 aromatic rings. The lowest BCUT2D eigenvalue weighted by Gasteiger charge is -2.10. The lowest BCUT2D eigenvalue weighted by molar-refractivity contribution is 0.0963. The smallest absolute Gasteiger partial charge is 0.254 e. The predicted octanol–water partition coefficient (Wildman–Crippen LogP) is 2.81. The van der Waals surface area contributed by atoms with E-state index in [1.54, 1.807) is 11.6 Å². The maximum atomic E-state index is 11.8. The first kappa shape index (κ1) is 17.7. The summed E-state index contributed by atoms with van der Waals surface area (Å²) in [6.45, 7) is 0.685. The van der Waals surface area contributed by atoms with Gasteiger partial charge in [0.05, 0.1) is 5.69 Å². The lowest BCUT2D eigenvalue weighted by atomic mass is 10.1. The summed E-state index contributed by atoms with van der Waals surface area (Å²) in [5.41, 5.74) is 3.61. The van der Waals surface area contributed by atoms with Gasteiger partial charge in [0.15, 0.2) is 0 Å². The fourth-order valence-corrected chi connectivity index (χ4v) is 3.04. The van der Waals surface area contributed by atoms with E-state index in [4.69, 9.17) is 0 Å². The van der Waals surface area contributed by atoms with E-state index in [0.717, 1.165) is 29.1 Å². The SMILES string of the molecule is CNC(=O)c1cccc(CCNc2cc(-c3ccccc3)nc3ncnn23)c1. The largest absolute Gasteiger partial charge is 0.370 e. The molecule has 7 nitrogen and oxygen atoms in total. The molecule has 2 aromatic heterocycles. The Morgan fingerprint density at radius 2 is 1.93 bits per heavy atom. The highest BCUT2D eigenvalue weighted by molar-refractivity contribution is 5.94. The molecule has 4 rings (SSSR count). The molecule has 0 aliphatic heterocycles. The summed E-state index contributed by atoms with van der Waals surface area (Å²) < 4.78 is 1.69. The molecule has 1 amide bonds. The second-order valence-corrected chi connectivity index (χ2v) is 6.32. The highest BCUT2D eigenvalue weighted by Crippen LogP contribution is 2.21. The number of anilines is 1. The Balaban J connectivity index is 1.54. The second kappa shape index (κ2) is 7.87. The molecule has 28 heavy (non-hydrogen) atoms. The highest BCUT2D eigenvalue weighted by atomic mass is 16.1. The minimum atomic E-state index is -0.0826. The summed E-state index contributed by atoms with van der Waals surface area (Å²) in [6.07, 6.45) is 2.26. The summed E-state index contributed by atoms with van der Waals surface area (Å²) in [6, 6.07) is 19.6. The number of carbonyl (C=O) groups excluding carboxylic acids is 1. The number of nitrogens with zero attached hydrogens (tertiary/aromatic N) is 4. The number of fused-ring (bicyclic) bond motifs is 1. The van der Waals surface area contributed by atoms with E-state index in [1.807, 2.05) is 60.7 Å². The van der Waals surface area contributed by atoms with Crippen molar-refractivity contribution in [1.82, 2.24) is 24.9 Å². The molecule has 0 saturated carbocycles. The Morgan fingerprint density at radius 3 is 2.75 bits per heavy atom. The Hall–Kier alpha value is -3.74. The molecule has 2 aromatic carbocycles. The highest BCUT2D eigenvalue weighted by Gasteiger charge is 2.09. The van der Waals surface area contributed by atoms with Gasteiger partial charge in [-0.15, -0.1) is 0 Å². The van der Waals surface area contributed by atoms with E-state index in [0.29, 0.717) is 17.9 Å². The van der Waals surface area contributed by atoms with Gasteiger partial charge in [0.2, 0.25) is 0 Å². The maximum Gasteiger partial charge on any atom is 0.254 e. The standard InChI is InChI=1S/C21H20N6O/c1-22-20(28)17-9-5-6-15(12-17)10-11-23-19-13-18(16-7-3-2-4-8-16)26-21-24-14-25-27(19)21/h2-9,12-14,23H,10-11H2,1H3,(H,22,28). The van der Waals surface area contributed by atoms with Crippen molar-refractivity contribution in [3.63, 3.8) is 0 Å². The van der Waals surface area contributed by atoms with Crippen molar-refractivity contribution in [3.8, 4) is 11.3 Å². The van der Waals surface area contributed by atoms with Gasteiger partial charge in [0, 0.05) is 30.8 Å². The van der Waals surface area contributed by atoms with Crippen molar-refractivity contribution in [2.45, 2.75) is 6.42 Å². The van der Waals surface area contributed by atoms with Crippen LogP contribution in [0.4, 0.5) is 5.82 Å². The van der Waals surface area contributed by atoms with Gasteiger partial charge in [-0.05, 0) is 24.1 Å². The topological polar surface area (TPSA) is 84.2 Å². The third-order valence-corrected chi connectivity index (χ3v) is 4.46. The summed E-state index contributed by atoms with van der Waals surface area (Å²) in [5.74, 6) is 1.29. The number of aromatic nitrogens is 4. The van der Waals surface area contributed by atoms with Crippen LogP contribution in [0.5, 0.6) is 0 Å². The van der Waals surface area contributed by atoms with Crippen molar-refractivity contribution in [1.29, 1.82) is 0 Å². The molecule has 0 bridgehead atoms. The van der Waals surface area contributed by atoms with Crippen LogP contribution in [-0.2, 0) is 6.42 Å². The zero-order valence-electron chi connectivity index (χ0n) is 15.5. The molecular formula is C21H20N6O. The van der Waals surface area contributed by atoms with Crippen LogP contribution in [0.25, 0.3) is 17.0 Å². The zero-order chi connectivity index (χ0) is 19.3. The van der Waals surface area contributed by atoms with Gasteiger partial charge in [0.1, 0.15) is 12.1 Å². The number of hydrogen-bond donors (Lipinski definition) is 2. The second-order valence-electron chi connectivity index (χ2n) is 6.32. The Bertz CT molecular complexity index is 1110. The first-order valence-electron chi connectivity index (χ1n) is 9.06. The predicted molar refractivity (Wildman–Crippen MR) is 108 cm³/mol. The summed E-state index contributed by atoms with van der Waals surface area (Å²) in [4.78, 5) is 20.6. The number of rotatable bonds is 6. The fraction of sp³-hybridized carbons (Fsp3) is 0.143. The van der Waals surface area contributed by atoms with Crippen molar-refractivity contribution in [2.24, 2.45) is 0 Å². The molecule has 0 aliphatic rings. The minimum absolute atomic E-state index is 0.0826. The van der Waals surface area contributed by atoms with Crippen LogP contribution in [0.15, 0.2) is 67.0 Å². The van der Waals surface area contributed by atoms with Crippen LogP contribution in [0, 0.1) is 0 Å². The maximum absolute atomic E-state index is 11.8. The molecule has 2 heterocycles. The van der Waals surface area contributed by atoms with E-state index in [1.165, 1.54) is 6.33 Å².